The van der Waals surface area contributed by atoms with Gasteiger partial charge in [0.2, 0.25) is 5.91 Å². The summed E-state index contributed by atoms with van der Waals surface area (Å²) < 4.78 is 50.2. The molecule has 0 saturated carbocycles. The fourth-order valence-corrected chi connectivity index (χ4v) is 2.50. The summed E-state index contributed by atoms with van der Waals surface area (Å²) in [6.45, 7) is 0.714. The molecule has 0 N–H and O–H groups in total. The highest BCUT2D eigenvalue weighted by Crippen LogP contribution is 2.28. The Labute approximate surface area is 120 Å². The third-order valence-corrected chi connectivity index (χ3v) is 3.69. The predicted molar refractivity (Wildman–Crippen MR) is 68.3 cm³/mol. The van der Waals surface area contributed by atoms with Gasteiger partial charge in [0.1, 0.15) is 5.82 Å². The summed E-state index contributed by atoms with van der Waals surface area (Å²) in [5, 5.41) is 0. The molecule has 1 amide bonds. The maximum Gasteiger partial charge on any atom is 0.269 e. The van der Waals surface area contributed by atoms with Crippen LogP contribution in [0.4, 0.5) is 17.6 Å². The van der Waals surface area contributed by atoms with E-state index in [-0.39, 0.29) is 5.92 Å². The van der Waals surface area contributed by atoms with Crippen molar-refractivity contribution in [3.63, 3.8) is 0 Å². The van der Waals surface area contributed by atoms with Gasteiger partial charge in [0, 0.05) is 19.3 Å². The Kier molecular flexibility index (Phi) is 5.14. The predicted octanol–water partition coefficient (Wildman–Crippen LogP) is 2.92. The van der Waals surface area contributed by atoms with Crippen LogP contribution in [-0.4, -0.2) is 41.5 Å². The van der Waals surface area contributed by atoms with Gasteiger partial charge < -0.3 is 4.90 Å². The number of nitrogens with zero attached hydrogens (tertiary/aromatic N) is 2. The second kappa shape index (κ2) is 6.87. The fraction of sp³-hybridized carbons (Fsp3) is 0.571. The number of alkyl halides is 3. The Morgan fingerprint density at radius 1 is 1.29 bits per heavy atom. The maximum atomic E-state index is 13.1. The molecular formula is C14H16F4N2O. The maximum absolute atomic E-state index is 13.1. The van der Waals surface area contributed by atoms with Gasteiger partial charge >= 0.3 is 0 Å². The lowest BCUT2D eigenvalue weighted by Crippen LogP contribution is -2.39. The van der Waals surface area contributed by atoms with Crippen molar-refractivity contribution in [1.82, 2.24) is 9.88 Å². The number of aromatic nitrogens is 1. The summed E-state index contributed by atoms with van der Waals surface area (Å²) in [7, 11) is 0. The molecule has 1 aliphatic rings. The first-order valence-electron chi connectivity index (χ1n) is 6.78. The van der Waals surface area contributed by atoms with Crippen LogP contribution < -0.4 is 0 Å². The molecule has 0 aliphatic carbocycles. The van der Waals surface area contributed by atoms with E-state index in [4.69, 9.17) is 0 Å². The fourth-order valence-electron chi connectivity index (χ4n) is 2.50. The van der Waals surface area contributed by atoms with Crippen LogP contribution in [0.25, 0.3) is 0 Å². The Morgan fingerprint density at radius 3 is 2.52 bits per heavy atom. The molecule has 1 aromatic heterocycles. The lowest BCUT2D eigenvalue weighted by molar-refractivity contribution is -0.135. The molecule has 116 valence electrons. The number of amides is 1. The number of hydrogen-bond donors (Lipinski definition) is 0. The van der Waals surface area contributed by atoms with E-state index in [0.29, 0.717) is 25.9 Å². The number of piperidine rings is 1. The van der Waals surface area contributed by atoms with E-state index in [1.807, 2.05) is 0 Å². The van der Waals surface area contributed by atoms with Crippen LogP contribution in [-0.2, 0) is 4.79 Å². The van der Waals surface area contributed by atoms with Gasteiger partial charge in [-0.15, -0.1) is 0 Å². The van der Waals surface area contributed by atoms with Gasteiger partial charge in [-0.25, -0.2) is 17.6 Å². The van der Waals surface area contributed by atoms with Crippen molar-refractivity contribution in [2.45, 2.75) is 37.8 Å². The van der Waals surface area contributed by atoms with Crippen LogP contribution in [0.2, 0.25) is 0 Å². The highest BCUT2D eigenvalue weighted by molar-refractivity contribution is 5.76. The Bertz CT molecular complexity index is 490. The summed E-state index contributed by atoms with van der Waals surface area (Å²) in [6, 6.07) is 1.41. The Balaban J connectivity index is 1.87. The monoisotopic (exact) mass is 304 g/mol. The Morgan fingerprint density at radius 2 is 1.95 bits per heavy atom. The topological polar surface area (TPSA) is 33.2 Å². The number of carbonyl (C=O) groups is 1. The van der Waals surface area contributed by atoms with Crippen molar-refractivity contribution in [3.8, 4) is 0 Å². The van der Waals surface area contributed by atoms with E-state index in [9.17, 15) is 22.4 Å². The standard InChI is InChI=1S/C14H16F4N2O/c15-11-5-10(7-19-8-11)9-1-3-20(4-2-9)13(21)6-12(16)14(17)18/h5,7-9,12,14H,1-4,6H2. The van der Waals surface area contributed by atoms with Crippen LogP contribution in [0.1, 0.15) is 30.7 Å². The molecule has 0 spiro atoms. The first-order valence-corrected chi connectivity index (χ1v) is 6.78. The van der Waals surface area contributed by atoms with Crippen molar-refractivity contribution < 1.29 is 22.4 Å². The molecule has 1 aliphatic heterocycles. The van der Waals surface area contributed by atoms with Crippen molar-refractivity contribution in [3.05, 3.63) is 29.8 Å². The third-order valence-electron chi connectivity index (χ3n) is 3.69. The molecule has 0 bridgehead atoms. The number of halogens is 4. The molecule has 0 aromatic carbocycles. The van der Waals surface area contributed by atoms with E-state index in [0.717, 1.165) is 11.8 Å². The number of likely N-dealkylation sites (tertiary alicyclic amines) is 1. The molecule has 1 aromatic rings. The third kappa shape index (κ3) is 4.15. The van der Waals surface area contributed by atoms with Gasteiger partial charge in [0.15, 0.2) is 6.17 Å². The lowest BCUT2D eigenvalue weighted by Gasteiger charge is -2.32. The van der Waals surface area contributed by atoms with E-state index < -0.39 is 30.7 Å². The molecule has 2 rings (SSSR count). The molecule has 21 heavy (non-hydrogen) atoms. The summed E-state index contributed by atoms with van der Waals surface area (Å²) in [5.74, 6) is -0.935. The van der Waals surface area contributed by atoms with Gasteiger partial charge in [-0.1, -0.05) is 0 Å². The average molecular weight is 304 g/mol. The number of rotatable bonds is 4. The van der Waals surface area contributed by atoms with Crippen molar-refractivity contribution in [2.75, 3.05) is 13.1 Å². The molecule has 2 heterocycles. The van der Waals surface area contributed by atoms with Gasteiger partial charge in [-0.05, 0) is 30.4 Å². The zero-order valence-electron chi connectivity index (χ0n) is 11.3. The first-order chi connectivity index (χ1) is 9.97. The largest absolute Gasteiger partial charge is 0.343 e. The highest BCUT2D eigenvalue weighted by atomic mass is 19.3. The van der Waals surface area contributed by atoms with Crippen LogP contribution in [0.3, 0.4) is 0 Å². The summed E-state index contributed by atoms with van der Waals surface area (Å²) in [5.41, 5.74) is 0.762. The zero-order chi connectivity index (χ0) is 15.4. The minimum Gasteiger partial charge on any atom is -0.343 e. The molecule has 0 radical (unpaired) electrons. The SMILES string of the molecule is O=C(CC(F)C(F)F)N1CCC(c2cncc(F)c2)CC1. The molecule has 7 heteroatoms. The van der Waals surface area contributed by atoms with Crippen molar-refractivity contribution in [2.24, 2.45) is 0 Å². The second-order valence-electron chi connectivity index (χ2n) is 5.15. The molecule has 1 saturated heterocycles. The van der Waals surface area contributed by atoms with Crippen molar-refractivity contribution in [1.29, 1.82) is 0 Å². The van der Waals surface area contributed by atoms with Gasteiger partial charge in [-0.2, -0.15) is 0 Å². The van der Waals surface area contributed by atoms with Gasteiger partial charge in [0.25, 0.3) is 6.43 Å². The van der Waals surface area contributed by atoms with E-state index in [1.54, 1.807) is 6.20 Å². The zero-order valence-corrected chi connectivity index (χ0v) is 11.3. The second-order valence-corrected chi connectivity index (χ2v) is 5.15. The number of hydrogen-bond acceptors (Lipinski definition) is 2. The number of carbonyl (C=O) groups excluding carboxylic acids is 1. The van der Waals surface area contributed by atoms with Crippen molar-refractivity contribution >= 4 is 5.91 Å². The quantitative estimate of drug-likeness (QED) is 0.801. The average Bonchev–Trinajstić information content (AvgIpc) is 2.47. The molecule has 1 unspecified atom stereocenters. The van der Waals surface area contributed by atoms with Crippen LogP contribution in [0, 0.1) is 5.82 Å². The molecule has 1 fully saturated rings. The molecular weight excluding hydrogens is 288 g/mol. The smallest absolute Gasteiger partial charge is 0.269 e. The lowest BCUT2D eigenvalue weighted by atomic mass is 9.90. The van der Waals surface area contributed by atoms with Crippen LogP contribution in [0.5, 0.6) is 0 Å². The minimum absolute atomic E-state index is 0.0773. The summed E-state index contributed by atoms with van der Waals surface area (Å²) >= 11 is 0. The first kappa shape index (κ1) is 15.7. The normalized spacial score (nSPS) is 18.0. The molecule has 1 atom stereocenters. The van der Waals surface area contributed by atoms with Gasteiger partial charge in [0.05, 0.1) is 12.6 Å². The van der Waals surface area contributed by atoms with Crippen LogP contribution in [0.15, 0.2) is 18.5 Å². The van der Waals surface area contributed by atoms with Gasteiger partial charge in [-0.3, -0.25) is 9.78 Å². The molecule has 3 nitrogen and oxygen atoms in total. The Hall–Kier alpha value is -1.66. The highest BCUT2D eigenvalue weighted by Gasteiger charge is 2.28. The van der Waals surface area contributed by atoms with Crippen LogP contribution >= 0.6 is 0 Å². The van der Waals surface area contributed by atoms with E-state index >= 15 is 0 Å². The number of pyridine rings is 1. The van der Waals surface area contributed by atoms with E-state index in [1.165, 1.54) is 11.0 Å². The minimum atomic E-state index is -3.13. The van der Waals surface area contributed by atoms with E-state index in [2.05, 4.69) is 4.98 Å². The summed E-state index contributed by atoms with van der Waals surface area (Å²) in [4.78, 5) is 16.9. The summed E-state index contributed by atoms with van der Waals surface area (Å²) in [6.07, 6.45) is -2.46.